The van der Waals surface area contributed by atoms with Crippen LogP contribution >= 0.6 is 22.9 Å². The molecule has 0 bridgehead atoms. The van der Waals surface area contributed by atoms with Gasteiger partial charge in [-0.25, -0.2) is 15.0 Å². The van der Waals surface area contributed by atoms with Crippen molar-refractivity contribution < 1.29 is 0 Å². The fourth-order valence-corrected chi connectivity index (χ4v) is 2.88. The first-order valence-corrected chi connectivity index (χ1v) is 6.99. The number of anilines is 1. The molecule has 4 nitrogen and oxygen atoms in total. The summed E-state index contributed by atoms with van der Waals surface area (Å²) in [5, 5.41) is 4.87. The van der Waals surface area contributed by atoms with Crippen LogP contribution in [0, 0.1) is 6.92 Å². The first-order valence-electron chi connectivity index (χ1n) is 5.79. The highest BCUT2D eigenvalue weighted by Crippen LogP contribution is 2.28. The van der Waals surface area contributed by atoms with Crippen molar-refractivity contribution in [2.45, 2.75) is 13.5 Å². The van der Waals surface area contributed by atoms with Gasteiger partial charge in [-0.1, -0.05) is 22.9 Å². The van der Waals surface area contributed by atoms with Crippen molar-refractivity contribution in [3.63, 3.8) is 0 Å². The minimum absolute atomic E-state index is 0.636. The third-order valence-corrected chi connectivity index (χ3v) is 3.82. The number of nitrogens with zero attached hydrogens (tertiary/aromatic N) is 3. The molecular weight excluding hydrogens is 280 g/mol. The molecule has 0 spiro atoms. The fourth-order valence-electron chi connectivity index (χ4n) is 1.74. The third kappa shape index (κ3) is 2.83. The number of hydrogen-bond acceptors (Lipinski definition) is 5. The van der Waals surface area contributed by atoms with E-state index in [-0.39, 0.29) is 0 Å². The average Bonchev–Trinajstić information content (AvgIpc) is 2.78. The quantitative estimate of drug-likeness (QED) is 0.800. The molecule has 0 saturated carbocycles. The summed E-state index contributed by atoms with van der Waals surface area (Å²) in [6.07, 6.45) is 1.76. The van der Waals surface area contributed by atoms with Gasteiger partial charge in [-0.05, 0) is 31.2 Å². The monoisotopic (exact) mass is 290 g/mol. The summed E-state index contributed by atoms with van der Waals surface area (Å²) in [4.78, 5) is 12.9. The molecule has 96 valence electrons. The van der Waals surface area contributed by atoms with E-state index < -0.39 is 0 Å². The van der Waals surface area contributed by atoms with Crippen LogP contribution < -0.4 is 5.32 Å². The standard InChI is InChI=1S/C13H11ClN4S/c1-8-15-5-4-10(17-8)7-16-13-18-11-3-2-9(14)6-12(11)19-13/h2-6H,7H2,1H3,(H,16,18). The van der Waals surface area contributed by atoms with Crippen LogP contribution in [0.3, 0.4) is 0 Å². The first kappa shape index (κ1) is 12.3. The summed E-state index contributed by atoms with van der Waals surface area (Å²) in [6.45, 7) is 2.51. The zero-order chi connectivity index (χ0) is 13.2. The minimum atomic E-state index is 0.636. The molecule has 0 unspecified atom stereocenters. The number of benzene rings is 1. The minimum Gasteiger partial charge on any atom is -0.356 e. The number of fused-ring (bicyclic) bond motifs is 1. The van der Waals surface area contributed by atoms with Gasteiger partial charge in [-0.2, -0.15) is 0 Å². The van der Waals surface area contributed by atoms with Gasteiger partial charge in [0.1, 0.15) is 5.82 Å². The smallest absolute Gasteiger partial charge is 0.184 e. The lowest BCUT2D eigenvalue weighted by Gasteiger charge is -2.01. The molecule has 3 aromatic rings. The molecule has 2 aromatic heterocycles. The predicted octanol–water partition coefficient (Wildman–Crippen LogP) is 3.66. The topological polar surface area (TPSA) is 50.7 Å². The maximum atomic E-state index is 5.96. The molecule has 0 aliphatic heterocycles. The van der Waals surface area contributed by atoms with E-state index in [9.17, 15) is 0 Å². The summed E-state index contributed by atoms with van der Waals surface area (Å²) in [5.74, 6) is 0.774. The SMILES string of the molecule is Cc1nccc(CNc2nc3ccc(Cl)cc3s2)n1. The molecule has 0 atom stereocenters. The third-order valence-electron chi connectivity index (χ3n) is 2.60. The average molecular weight is 291 g/mol. The molecule has 2 heterocycles. The van der Waals surface area contributed by atoms with Crippen molar-refractivity contribution in [2.75, 3.05) is 5.32 Å². The van der Waals surface area contributed by atoms with Crippen LogP contribution in [0.4, 0.5) is 5.13 Å². The van der Waals surface area contributed by atoms with Crippen molar-refractivity contribution in [3.05, 3.63) is 47.0 Å². The summed E-state index contributed by atoms with van der Waals surface area (Å²) in [6, 6.07) is 7.59. The van der Waals surface area contributed by atoms with Crippen LogP contribution in [-0.4, -0.2) is 15.0 Å². The maximum Gasteiger partial charge on any atom is 0.184 e. The Labute approximate surface area is 119 Å². The molecule has 0 aliphatic rings. The van der Waals surface area contributed by atoms with Gasteiger partial charge in [0.05, 0.1) is 22.5 Å². The number of hydrogen-bond donors (Lipinski definition) is 1. The van der Waals surface area contributed by atoms with E-state index in [0.717, 1.165) is 31.9 Å². The van der Waals surface area contributed by atoms with Crippen LogP contribution in [0.25, 0.3) is 10.2 Å². The van der Waals surface area contributed by atoms with Gasteiger partial charge in [0.25, 0.3) is 0 Å². The lowest BCUT2D eigenvalue weighted by atomic mass is 10.3. The number of aryl methyl sites for hydroxylation is 1. The number of nitrogens with one attached hydrogen (secondary N) is 1. The molecule has 6 heteroatoms. The van der Waals surface area contributed by atoms with Crippen LogP contribution in [0.2, 0.25) is 5.02 Å². The predicted molar refractivity (Wildman–Crippen MR) is 78.7 cm³/mol. The summed E-state index contributed by atoms with van der Waals surface area (Å²) in [7, 11) is 0. The van der Waals surface area contributed by atoms with Gasteiger partial charge in [0, 0.05) is 11.2 Å². The van der Waals surface area contributed by atoms with Crippen molar-refractivity contribution in [1.82, 2.24) is 15.0 Å². The van der Waals surface area contributed by atoms with Crippen LogP contribution in [0.1, 0.15) is 11.5 Å². The van der Waals surface area contributed by atoms with E-state index in [1.165, 1.54) is 0 Å². The highest BCUT2D eigenvalue weighted by Gasteiger charge is 2.04. The largest absolute Gasteiger partial charge is 0.356 e. The van der Waals surface area contributed by atoms with Crippen molar-refractivity contribution in [2.24, 2.45) is 0 Å². The lowest BCUT2D eigenvalue weighted by molar-refractivity contribution is 0.954. The molecule has 0 aliphatic carbocycles. The Kier molecular flexibility index (Phi) is 3.31. The van der Waals surface area contributed by atoms with Gasteiger partial charge >= 0.3 is 0 Å². The normalized spacial score (nSPS) is 10.8. The molecule has 1 aromatic carbocycles. The molecule has 0 amide bonds. The Morgan fingerprint density at radius 1 is 1.26 bits per heavy atom. The Morgan fingerprint density at radius 2 is 2.16 bits per heavy atom. The molecule has 1 N–H and O–H groups in total. The Bertz CT molecular complexity index is 725. The molecule has 19 heavy (non-hydrogen) atoms. The van der Waals surface area contributed by atoms with Crippen molar-refractivity contribution in [3.8, 4) is 0 Å². The van der Waals surface area contributed by atoms with Gasteiger partial charge in [0.2, 0.25) is 0 Å². The van der Waals surface area contributed by atoms with E-state index >= 15 is 0 Å². The fraction of sp³-hybridized carbons (Fsp3) is 0.154. The van der Waals surface area contributed by atoms with E-state index in [1.54, 1.807) is 17.5 Å². The lowest BCUT2D eigenvalue weighted by Crippen LogP contribution is -2.02. The second-order valence-electron chi connectivity index (χ2n) is 4.08. The van der Waals surface area contributed by atoms with Crippen LogP contribution in [-0.2, 0) is 6.54 Å². The number of halogens is 1. The highest BCUT2D eigenvalue weighted by atomic mass is 35.5. The zero-order valence-electron chi connectivity index (χ0n) is 10.2. The van der Waals surface area contributed by atoms with E-state index in [1.807, 2.05) is 31.2 Å². The summed E-state index contributed by atoms with van der Waals surface area (Å²) in [5.41, 5.74) is 1.90. The first-order chi connectivity index (χ1) is 9.20. The van der Waals surface area contributed by atoms with Gasteiger partial charge in [0.15, 0.2) is 5.13 Å². The van der Waals surface area contributed by atoms with E-state index in [2.05, 4.69) is 20.3 Å². The molecular formula is C13H11ClN4S. The Balaban J connectivity index is 1.78. The molecule has 3 rings (SSSR count). The van der Waals surface area contributed by atoms with Crippen LogP contribution in [0.5, 0.6) is 0 Å². The van der Waals surface area contributed by atoms with Gasteiger partial charge in [-0.3, -0.25) is 0 Å². The van der Waals surface area contributed by atoms with Crippen molar-refractivity contribution >= 4 is 38.3 Å². The van der Waals surface area contributed by atoms with E-state index in [4.69, 9.17) is 11.6 Å². The molecule has 0 radical (unpaired) electrons. The second kappa shape index (κ2) is 5.11. The Morgan fingerprint density at radius 3 is 3.00 bits per heavy atom. The van der Waals surface area contributed by atoms with E-state index in [0.29, 0.717) is 6.54 Å². The second-order valence-corrected chi connectivity index (χ2v) is 5.55. The Hall–Kier alpha value is -1.72. The molecule has 0 saturated heterocycles. The van der Waals surface area contributed by atoms with Gasteiger partial charge < -0.3 is 5.32 Å². The summed E-state index contributed by atoms with van der Waals surface area (Å²) >= 11 is 7.54. The number of aromatic nitrogens is 3. The van der Waals surface area contributed by atoms with Gasteiger partial charge in [-0.15, -0.1) is 0 Å². The zero-order valence-corrected chi connectivity index (χ0v) is 11.8. The van der Waals surface area contributed by atoms with Crippen molar-refractivity contribution in [1.29, 1.82) is 0 Å². The summed E-state index contributed by atoms with van der Waals surface area (Å²) < 4.78 is 1.08. The molecule has 0 fully saturated rings. The highest BCUT2D eigenvalue weighted by molar-refractivity contribution is 7.22. The number of thiazole rings is 1. The maximum absolute atomic E-state index is 5.96. The van der Waals surface area contributed by atoms with Crippen LogP contribution in [0.15, 0.2) is 30.5 Å². The number of rotatable bonds is 3.